The summed E-state index contributed by atoms with van der Waals surface area (Å²) < 4.78 is 14.5. The molecule has 5 heteroatoms. The lowest BCUT2D eigenvalue weighted by molar-refractivity contribution is 0.328. The SMILES string of the molecule is Cc1nnc(C(F)CN)n1C. The largest absolute Gasteiger partial charge is 0.327 e. The average Bonchev–Trinajstić information content (AvgIpc) is 2.32. The zero-order chi connectivity index (χ0) is 8.43. The van der Waals surface area contributed by atoms with E-state index in [-0.39, 0.29) is 6.54 Å². The highest BCUT2D eigenvalue weighted by Crippen LogP contribution is 2.12. The van der Waals surface area contributed by atoms with E-state index >= 15 is 0 Å². The highest BCUT2D eigenvalue weighted by Gasteiger charge is 2.14. The molecule has 1 aromatic heterocycles. The summed E-state index contributed by atoms with van der Waals surface area (Å²) >= 11 is 0. The molecule has 1 aromatic rings. The van der Waals surface area contributed by atoms with Crippen molar-refractivity contribution in [2.45, 2.75) is 13.1 Å². The number of aromatic nitrogens is 3. The third-order valence-electron chi connectivity index (χ3n) is 1.61. The smallest absolute Gasteiger partial charge is 0.172 e. The van der Waals surface area contributed by atoms with Gasteiger partial charge in [0.2, 0.25) is 0 Å². The Labute approximate surface area is 64.2 Å². The molecule has 0 aliphatic rings. The Hall–Kier alpha value is -0.970. The summed E-state index contributed by atoms with van der Waals surface area (Å²) in [5, 5.41) is 7.35. The minimum atomic E-state index is -1.21. The molecule has 0 radical (unpaired) electrons. The number of alkyl halides is 1. The molecule has 0 saturated carbocycles. The van der Waals surface area contributed by atoms with Crippen molar-refractivity contribution in [2.75, 3.05) is 6.54 Å². The molecule has 62 valence electrons. The monoisotopic (exact) mass is 158 g/mol. The molecule has 0 aromatic carbocycles. The molecule has 0 fully saturated rings. The predicted molar refractivity (Wildman–Crippen MR) is 38.6 cm³/mol. The quantitative estimate of drug-likeness (QED) is 0.663. The van der Waals surface area contributed by atoms with Gasteiger partial charge in [-0.1, -0.05) is 0 Å². The van der Waals surface area contributed by atoms with Crippen LogP contribution in [0.4, 0.5) is 4.39 Å². The van der Waals surface area contributed by atoms with Crippen molar-refractivity contribution in [3.8, 4) is 0 Å². The number of rotatable bonds is 2. The average molecular weight is 158 g/mol. The first kappa shape index (κ1) is 8.13. The van der Waals surface area contributed by atoms with Gasteiger partial charge in [-0.15, -0.1) is 10.2 Å². The Balaban J connectivity index is 2.94. The number of nitrogens with two attached hydrogens (primary N) is 1. The Morgan fingerprint density at radius 2 is 2.27 bits per heavy atom. The van der Waals surface area contributed by atoms with Crippen LogP contribution in [-0.4, -0.2) is 21.3 Å². The molecule has 4 nitrogen and oxygen atoms in total. The number of nitrogens with zero attached hydrogens (tertiary/aromatic N) is 3. The van der Waals surface area contributed by atoms with E-state index in [0.29, 0.717) is 11.6 Å². The van der Waals surface area contributed by atoms with E-state index in [4.69, 9.17) is 5.73 Å². The molecule has 1 unspecified atom stereocenters. The number of halogens is 1. The van der Waals surface area contributed by atoms with Gasteiger partial charge < -0.3 is 10.3 Å². The summed E-state index contributed by atoms with van der Waals surface area (Å²) in [5.74, 6) is 0.987. The Morgan fingerprint density at radius 3 is 2.64 bits per heavy atom. The van der Waals surface area contributed by atoms with E-state index in [9.17, 15) is 4.39 Å². The predicted octanol–water partition coefficient (Wildman–Crippen LogP) is 0.0928. The maximum absolute atomic E-state index is 12.9. The highest BCUT2D eigenvalue weighted by molar-refractivity contribution is 4.96. The first-order valence-electron chi connectivity index (χ1n) is 3.37. The van der Waals surface area contributed by atoms with Gasteiger partial charge in [-0.25, -0.2) is 4.39 Å². The fraction of sp³-hybridized carbons (Fsp3) is 0.667. The summed E-state index contributed by atoms with van der Waals surface area (Å²) in [7, 11) is 1.72. The molecular formula is C6H11FN4. The Bertz CT molecular complexity index is 245. The van der Waals surface area contributed by atoms with Gasteiger partial charge in [0.25, 0.3) is 0 Å². The van der Waals surface area contributed by atoms with Crippen molar-refractivity contribution in [3.05, 3.63) is 11.6 Å². The fourth-order valence-corrected chi connectivity index (χ4v) is 0.802. The molecular weight excluding hydrogens is 147 g/mol. The van der Waals surface area contributed by atoms with Crippen LogP contribution in [0.5, 0.6) is 0 Å². The van der Waals surface area contributed by atoms with Gasteiger partial charge >= 0.3 is 0 Å². The summed E-state index contributed by atoms with van der Waals surface area (Å²) in [6.45, 7) is 1.71. The molecule has 1 heterocycles. The molecule has 2 N–H and O–H groups in total. The van der Waals surface area contributed by atoms with E-state index in [1.165, 1.54) is 0 Å². The Morgan fingerprint density at radius 1 is 1.64 bits per heavy atom. The van der Waals surface area contributed by atoms with E-state index < -0.39 is 6.17 Å². The van der Waals surface area contributed by atoms with Crippen molar-refractivity contribution in [2.24, 2.45) is 12.8 Å². The molecule has 0 aliphatic carbocycles. The van der Waals surface area contributed by atoms with Crippen LogP contribution < -0.4 is 5.73 Å². The molecule has 0 bridgehead atoms. The second kappa shape index (κ2) is 2.96. The number of hydrogen-bond donors (Lipinski definition) is 1. The third-order valence-corrected chi connectivity index (χ3v) is 1.61. The van der Waals surface area contributed by atoms with Gasteiger partial charge in [-0.3, -0.25) is 0 Å². The molecule has 0 aliphatic heterocycles. The van der Waals surface area contributed by atoms with Crippen LogP contribution in [0, 0.1) is 6.92 Å². The lowest BCUT2D eigenvalue weighted by Crippen LogP contribution is -2.12. The standard InChI is InChI=1S/C6H11FN4/c1-4-9-10-6(11(4)2)5(7)3-8/h5H,3,8H2,1-2H3. The minimum absolute atomic E-state index is 0.0496. The maximum atomic E-state index is 12.9. The fourth-order valence-electron chi connectivity index (χ4n) is 0.802. The lowest BCUT2D eigenvalue weighted by Gasteiger charge is -2.03. The van der Waals surface area contributed by atoms with Crippen LogP contribution in [-0.2, 0) is 7.05 Å². The molecule has 0 spiro atoms. The van der Waals surface area contributed by atoms with Crippen LogP contribution in [0.2, 0.25) is 0 Å². The topological polar surface area (TPSA) is 56.7 Å². The van der Waals surface area contributed by atoms with Crippen LogP contribution in [0.25, 0.3) is 0 Å². The summed E-state index contributed by atoms with van der Waals surface area (Å²) in [4.78, 5) is 0. The maximum Gasteiger partial charge on any atom is 0.172 e. The first-order valence-corrected chi connectivity index (χ1v) is 3.37. The van der Waals surface area contributed by atoms with E-state index in [2.05, 4.69) is 10.2 Å². The van der Waals surface area contributed by atoms with Crippen LogP contribution in [0.1, 0.15) is 17.8 Å². The summed E-state index contributed by atoms with van der Waals surface area (Å²) in [6, 6.07) is 0. The second-order valence-corrected chi connectivity index (χ2v) is 2.37. The molecule has 11 heavy (non-hydrogen) atoms. The van der Waals surface area contributed by atoms with Crippen molar-refractivity contribution >= 4 is 0 Å². The number of aryl methyl sites for hydroxylation is 1. The van der Waals surface area contributed by atoms with E-state index in [1.807, 2.05) is 0 Å². The van der Waals surface area contributed by atoms with Crippen molar-refractivity contribution in [1.29, 1.82) is 0 Å². The first-order chi connectivity index (χ1) is 5.16. The highest BCUT2D eigenvalue weighted by atomic mass is 19.1. The normalized spacial score (nSPS) is 13.5. The van der Waals surface area contributed by atoms with Crippen LogP contribution >= 0.6 is 0 Å². The number of hydrogen-bond acceptors (Lipinski definition) is 3. The van der Waals surface area contributed by atoms with Crippen LogP contribution in [0.15, 0.2) is 0 Å². The summed E-state index contributed by atoms with van der Waals surface area (Å²) in [6.07, 6.45) is -1.21. The molecule has 1 atom stereocenters. The zero-order valence-electron chi connectivity index (χ0n) is 6.58. The van der Waals surface area contributed by atoms with E-state index in [1.54, 1.807) is 18.5 Å². The molecule has 0 amide bonds. The molecule has 0 saturated heterocycles. The van der Waals surface area contributed by atoms with Crippen molar-refractivity contribution in [3.63, 3.8) is 0 Å². The zero-order valence-corrected chi connectivity index (χ0v) is 6.58. The minimum Gasteiger partial charge on any atom is -0.327 e. The van der Waals surface area contributed by atoms with Gasteiger partial charge in [0.05, 0.1) is 0 Å². The van der Waals surface area contributed by atoms with Crippen molar-refractivity contribution in [1.82, 2.24) is 14.8 Å². The lowest BCUT2D eigenvalue weighted by atomic mass is 10.3. The van der Waals surface area contributed by atoms with Crippen molar-refractivity contribution < 1.29 is 4.39 Å². The second-order valence-electron chi connectivity index (χ2n) is 2.37. The van der Waals surface area contributed by atoms with Gasteiger partial charge in [-0.05, 0) is 6.92 Å². The summed E-state index contributed by atoms with van der Waals surface area (Å²) in [5.41, 5.74) is 5.13. The molecule has 1 rings (SSSR count). The van der Waals surface area contributed by atoms with Gasteiger partial charge in [0.15, 0.2) is 12.0 Å². The Kier molecular flexibility index (Phi) is 2.19. The van der Waals surface area contributed by atoms with Gasteiger partial charge in [-0.2, -0.15) is 0 Å². The van der Waals surface area contributed by atoms with Gasteiger partial charge in [0.1, 0.15) is 5.82 Å². The van der Waals surface area contributed by atoms with Gasteiger partial charge in [0, 0.05) is 13.6 Å². The van der Waals surface area contributed by atoms with Crippen LogP contribution in [0.3, 0.4) is 0 Å². The third kappa shape index (κ3) is 1.37. The van der Waals surface area contributed by atoms with E-state index in [0.717, 1.165) is 0 Å².